The van der Waals surface area contributed by atoms with Gasteiger partial charge in [-0.25, -0.2) is 4.57 Å². The van der Waals surface area contributed by atoms with Crippen LogP contribution in [-0.4, -0.2) is 65.7 Å². The molecule has 56 heavy (non-hydrogen) atoms. The molecule has 0 saturated carbocycles. The molecule has 0 bridgehead atoms. The van der Waals surface area contributed by atoms with Crippen LogP contribution in [0.3, 0.4) is 0 Å². The molecule has 10 nitrogen and oxygen atoms in total. The molecule has 3 atom stereocenters. The van der Waals surface area contributed by atoms with Gasteiger partial charge in [0, 0.05) is 12.8 Å². The number of carbonyl (C=O) groups excluding carboxylic acids is 2. The molecule has 0 aromatic heterocycles. The lowest BCUT2D eigenvalue weighted by Crippen LogP contribution is -2.29. The average molecular weight is 807 g/mol. The Bertz CT molecular complexity index is 1200. The third-order valence-corrected chi connectivity index (χ3v) is 9.25. The van der Waals surface area contributed by atoms with Crippen LogP contribution in [0.4, 0.5) is 0 Å². The molecule has 0 rings (SSSR count). The molecule has 0 spiro atoms. The molecule has 0 heterocycles. The summed E-state index contributed by atoms with van der Waals surface area (Å²) in [6.45, 7) is 2.14. The second-order valence-corrected chi connectivity index (χ2v) is 15.1. The van der Waals surface area contributed by atoms with E-state index in [-0.39, 0.29) is 19.4 Å². The average Bonchev–Trinajstić information content (AvgIpc) is 3.19. The molecule has 0 saturated heterocycles. The number of phosphoric acid groups is 1. The number of aliphatic hydroxyl groups is 2. The Balaban J connectivity index is 4.48. The van der Waals surface area contributed by atoms with Crippen molar-refractivity contribution in [2.75, 3.05) is 26.4 Å². The Labute approximate surface area is 339 Å². The van der Waals surface area contributed by atoms with E-state index in [1.165, 1.54) is 32.1 Å². The molecule has 0 aliphatic heterocycles. The number of phosphoric ester groups is 1. The number of ether oxygens (including phenoxy) is 2. The van der Waals surface area contributed by atoms with Gasteiger partial charge < -0.3 is 24.6 Å². The van der Waals surface area contributed by atoms with E-state index in [9.17, 15) is 24.2 Å². The van der Waals surface area contributed by atoms with Crippen molar-refractivity contribution in [1.82, 2.24) is 0 Å². The lowest BCUT2D eigenvalue weighted by Gasteiger charge is -2.20. The highest BCUT2D eigenvalue weighted by atomic mass is 31.2. The summed E-state index contributed by atoms with van der Waals surface area (Å²) in [6, 6.07) is 0. The van der Waals surface area contributed by atoms with Gasteiger partial charge in [-0.3, -0.25) is 18.6 Å². The molecule has 0 aromatic rings. The van der Waals surface area contributed by atoms with Crippen LogP contribution in [0.1, 0.15) is 149 Å². The SMILES string of the molecule is CC/C=C\C/C=C\C/C=C\C/C=C\C/C=C\C/C=C\CCC(=O)OC(COC(=O)CCCCCCC/C=C\CCCCCCC)COP(=O)(O)OCC(O)CO. The molecule has 0 aliphatic rings. The maximum absolute atomic E-state index is 12.6. The standard InChI is InChI=1S/C45H75O10P/c1-3-5-7-9-11-13-15-17-19-20-21-22-23-25-27-29-31-33-35-37-45(49)55-43(41-54-56(50,51)53-39-42(47)38-46)40-52-44(48)36-34-32-30-28-26-24-18-16-14-12-10-8-6-4-2/h5,7,11,13,16-19,21-22,25,27,31,33,42-43,46-47H,3-4,6,8-10,12,14-15,20,23-24,26,28-30,32,34-41H2,1-2H3,(H,50,51)/b7-5-,13-11-,18-16-,19-17-,22-21-,27-25-,33-31-. The molecule has 0 fully saturated rings. The van der Waals surface area contributed by atoms with Crippen molar-refractivity contribution in [3.05, 3.63) is 85.1 Å². The maximum Gasteiger partial charge on any atom is 0.472 e. The number of hydrogen-bond acceptors (Lipinski definition) is 9. The minimum atomic E-state index is -4.64. The topological polar surface area (TPSA) is 149 Å². The Morgan fingerprint density at radius 2 is 1.02 bits per heavy atom. The summed E-state index contributed by atoms with van der Waals surface area (Å²) in [7, 11) is -4.64. The highest BCUT2D eigenvalue weighted by Gasteiger charge is 2.27. The number of rotatable bonds is 38. The van der Waals surface area contributed by atoms with Crippen LogP contribution in [0.25, 0.3) is 0 Å². The third-order valence-electron chi connectivity index (χ3n) is 8.30. The quantitative estimate of drug-likeness (QED) is 0.0238. The van der Waals surface area contributed by atoms with Gasteiger partial charge in [-0.15, -0.1) is 0 Å². The van der Waals surface area contributed by atoms with Crippen LogP contribution in [-0.2, 0) is 32.7 Å². The number of unbranched alkanes of at least 4 members (excludes halogenated alkanes) is 10. The normalized spacial score (nSPS) is 14.7. The first-order valence-corrected chi connectivity index (χ1v) is 22.5. The summed E-state index contributed by atoms with van der Waals surface area (Å²) in [5.74, 6) is -1.04. The van der Waals surface area contributed by atoms with E-state index in [1.54, 1.807) is 0 Å². The van der Waals surface area contributed by atoms with Gasteiger partial charge in [0.25, 0.3) is 0 Å². The summed E-state index contributed by atoms with van der Waals surface area (Å²) in [6.07, 6.45) is 47.1. The molecule has 0 amide bonds. The Morgan fingerprint density at radius 3 is 1.55 bits per heavy atom. The third kappa shape index (κ3) is 39.4. The summed E-state index contributed by atoms with van der Waals surface area (Å²) >= 11 is 0. The predicted octanol–water partition coefficient (Wildman–Crippen LogP) is 11.1. The fraction of sp³-hybridized carbons (Fsp3) is 0.644. The van der Waals surface area contributed by atoms with E-state index >= 15 is 0 Å². The summed E-state index contributed by atoms with van der Waals surface area (Å²) in [5, 5.41) is 18.3. The monoisotopic (exact) mass is 807 g/mol. The van der Waals surface area contributed by atoms with E-state index in [0.29, 0.717) is 12.8 Å². The van der Waals surface area contributed by atoms with Gasteiger partial charge in [0.2, 0.25) is 0 Å². The Hall–Kier alpha value is -2.85. The van der Waals surface area contributed by atoms with Crippen molar-refractivity contribution in [3.63, 3.8) is 0 Å². The molecule has 3 unspecified atom stereocenters. The smallest absolute Gasteiger partial charge is 0.462 e. The van der Waals surface area contributed by atoms with E-state index in [2.05, 4.69) is 91.3 Å². The van der Waals surface area contributed by atoms with Gasteiger partial charge >= 0.3 is 19.8 Å². The van der Waals surface area contributed by atoms with E-state index in [0.717, 1.165) is 77.0 Å². The first kappa shape index (κ1) is 53.1. The largest absolute Gasteiger partial charge is 0.472 e. The van der Waals surface area contributed by atoms with Crippen molar-refractivity contribution in [1.29, 1.82) is 0 Å². The molecule has 0 aliphatic carbocycles. The first-order valence-electron chi connectivity index (χ1n) is 21.0. The van der Waals surface area contributed by atoms with Gasteiger partial charge in [0.1, 0.15) is 12.7 Å². The maximum atomic E-state index is 12.6. The zero-order valence-electron chi connectivity index (χ0n) is 34.6. The zero-order chi connectivity index (χ0) is 41.2. The van der Waals surface area contributed by atoms with Crippen molar-refractivity contribution in [2.45, 2.75) is 161 Å². The second kappa shape index (κ2) is 40.4. The van der Waals surface area contributed by atoms with Gasteiger partial charge in [0.05, 0.1) is 19.8 Å². The molecule has 0 aromatic carbocycles. The minimum Gasteiger partial charge on any atom is -0.462 e. The van der Waals surface area contributed by atoms with Gasteiger partial charge in [0.15, 0.2) is 6.10 Å². The van der Waals surface area contributed by atoms with Gasteiger partial charge in [-0.2, -0.15) is 0 Å². The van der Waals surface area contributed by atoms with E-state index in [1.807, 2.05) is 12.2 Å². The fourth-order valence-electron chi connectivity index (χ4n) is 5.07. The Morgan fingerprint density at radius 1 is 0.554 bits per heavy atom. The van der Waals surface area contributed by atoms with Crippen molar-refractivity contribution in [3.8, 4) is 0 Å². The van der Waals surface area contributed by atoms with Gasteiger partial charge in [-0.1, -0.05) is 144 Å². The van der Waals surface area contributed by atoms with Crippen LogP contribution in [0.15, 0.2) is 85.1 Å². The number of aliphatic hydroxyl groups excluding tert-OH is 2. The molecular formula is C45H75O10P. The Kier molecular flexibility index (Phi) is 38.3. The molecule has 3 N–H and O–H groups in total. The highest BCUT2D eigenvalue weighted by Crippen LogP contribution is 2.43. The summed E-state index contributed by atoms with van der Waals surface area (Å²) in [5.41, 5.74) is 0. The number of esters is 2. The minimum absolute atomic E-state index is 0.0530. The predicted molar refractivity (Wildman–Crippen MR) is 228 cm³/mol. The number of carbonyl (C=O) groups is 2. The van der Waals surface area contributed by atoms with Crippen molar-refractivity contribution >= 4 is 19.8 Å². The van der Waals surface area contributed by atoms with E-state index in [4.69, 9.17) is 19.1 Å². The van der Waals surface area contributed by atoms with Crippen LogP contribution in [0, 0.1) is 0 Å². The molecular weight excluding hydrogens is 731 g/mol. The molecule has 0 radical (unpaired) electrons. The van der Waals surface area contributed by atoms with Crippen molar-refractivity contribution < 1.29 is 47.8 Å². The van der Waals surface area contributed by atoms with Crippen molar-refractivity contribution in [2.24, 2.45) is 0 Å². The molecule has 320 valence electrons. The van der Waals surface area contributed by atoms with Gasteiger partial charge in [-0.05, 0) is 77.0 Å². The lowest BCUT2D eigenvalue weighted by molar-refractivity contribution is -0.161. The summed E-state index contributed by atoms with van der Waals surface area (Å²) < 4.78 is 32.6. The van der Waals surface area contributed by atoms with Crippen LogP contribution >= 0.6 is 7.82 Å². The lowest BCUT2D eigenvalue weighted by atomic mass is 10.1. The number of hydrogen-bond donors (Lipinski definition) is 3. The second-order valence-electron chi connectivity index (χ2n) is 13.6. The van der Waals surface area contributed by atoms with Crippen LogP contribution < -0.4 is 0 Å². The van der Waals surface area contributed by atoms with E-state index < -0.39 is 51.8 Å². The number of allylic oxidation sites excluding steroid dienone is 14. The fourth-order valence-corrected chi connectivity index (χ4v) is 5.86. The van der Waals surface area contributed by atoms with Crippen LogP contribution in [0.5, 0.6) is 0 Å². The zero-order valence-corrected chi connectivity index (χ0v) is 35.5. The molecule has 11 heteroatoms. The first-order chi connectivity index (χ1) is 27.2. The van der Waals surface area contributed by atoms with Crippen LogP contribution in [0.2, 0.25) is 0 Å². The highest BCUT2D eigenvalue weighted by molar-refractivity contribution is 7.47. The summed E-state index contributed by atoms with van der Waals surface area (Å²) in [4.78, 5) is 34.9.